The molecule has 2 rings (SSSR count). The molecule has 1 heterocycles. The first kappa shape index (κ1) is 15.2. The molecular formula is C15H21NO3S. The van der Waals surface area contributed by atoms with Crippen molar-refractivity contribution in [3.8, 4) is 5.75 Å². The predicted molar refractivity (Wildman–Crippen MR) is 80.3 cm³/mol. The topological polar surface area (TPSA) is 47.6 Å². The first-order valence-electron chi connectivity index (χ1n) is 6.89. The van der Waals surface area contributed by atoms with Crippen molar-refractivity contribution < 1.29 is 14.3 Å². The van der Waals surface area contributed by atoms with E-state index in [4.69, 9.17) is 9.47 Å². The Morgan fingerprint density at radius 3 is 2.85 bits per heavy atom. The van der Waals surface area contributed by atoms with Crippen LogP contribution in [0.2, 0.25) is 0 Å². The van der Waals surface area contributed by atoms with Gasteiger partial charge >= 0.3 is 0 Å². The van der Waals surface area contributed by atoms with Crippen LogP contribution >= 0.6 is 11.8 Å². The van der Waals surface area contributed by atoms with Crippen molar-refractivity contribution in [3.05, 3.63) is 24.3 Å². The molecule has 0 radical (unpaired) electrons. The van der Waals surface area contributed by atoms with Gasteiger partial charge < -0.3 is 14.8 Å². The van der Waals surface area contributed by atoms with E-state index in [2.05, 4.69) is 5.32 Å². The van der Waals surface area contributed by atoms with Gasteiger partial charge in [-0.15, -0.1) is 11.8 Å². The normalized spacial score (nSPS) is 19.6. The zero-order chi connectivity index (χ0) is 14.4. The summed E-state index contributed by atoms with van der Waals surface area (Å²) in [6.07, 6.45) is 2.33. The molecular weight excluding hydrogens is 274 g/mol. The van der Waals surface area contributed by atoms with E-state index in [1.807, 2.05) is 31.2 Å². The second kappa shape index (κ2) is 7.55. The molecule has 20 heavy (non-hydrogen) atoms. The van der Waals surface area contributed by atoms with Gasteiger partial charge in [0.15, 0.2) is 0 Å². The van der Waals surface area contributed by atoms with Gasteiger partial charge in [0.25, 0.3) is 0 Å². The minimum atomic E-state index is -0.121. The largest absolute Gasteiger partial charge is 0.497 e. The molecule has 0 bridgehead atoms. The van der Waals surface area contributed by atoms with Gasteiger partial charge in [0.1, 0.15) is 5.75 Å². The number of amides is 1. The number of thioether (sulfide) groups is 1. The van der Waals surface area contributed by atoms with E-state index in [1.54, 1.807) is 18.9 Å². The second-order valence-corrected chi connectivity index (χ2v) is 6.23. The third kappa shape index (κ3) is 4.42. The third-order valence-corrected chi connectivity index (χ3v) is 4.38. The summed E-state index contributed by atoms with van der Waals surface area (Å²) in [6.45, 7) is 3.35. The minimum absolute atomic E-state index is 0.0568. The van der Waals surface area contributed by atoms with Gasteiger partial charge in [0.2, 0.25) is 5.91 Å². The van der Waals surface area contributed by atoms with Gasteiger partial charge in [-0.2, -0.15) is 0 Å². The van der Waals surface area contributed by atoms with Crippen molar-refractivity contribution in [1.29, 1.82) is 0 Å². The van der Waals surface area contributed by atoms with E-state index in [-0.39, 0.29) is 17.3 Å². The van der Waals surface area contributed by atoms with Gasteiger partial charge in [-0.1, -0.05) is 0 Å². The summed E-state index contributed by atoms with van der Waals surface area (Å²) in [6, 6.07) is 7.74. The Labute approximate surface area is 124 Å². The molecule has 1 saturated heterocycles. The highest BCUT2D eigenvalue weighted by Crippen LogP contribution is 2.25. The Morgan fingerprint density at radius 2 is 2.25 bits per heavy atom. The summed E-state index contributed by atoms with van der Waals surface area (Å²) < 4.78 is 10.6. The summed E-state index contributed by atoms with van der Waals surface area (Å²) >= 11 is 1.54. The fraction of sp³-hybridized carbons (Fsp3) is 0.533. The maximum absolute atomic E-state index is 12.0. The fourth-order valence-electron chi connectivity index (χ4n) is 2.08. The lowest BCUT2D eigenvalue weighted by atomic mass is 10.2. The Balaban J connectivity index is 1.77. The van der Waals surface area contributed by atoms with Gasteiger partial charge in [0.05, 0.1) is 18.5 Å². The van der Waals surface area contributed by atoms with Crippen molar-refractivity contribution in [3.63, 3.8) is 0 Å². The number of hydrogen-bond donors (Lipinski definition) is 1. The van der Waals surface area contributed by atoms with E-state index in [9.17, 15) is 4.79 Å². The van der Waals surface area contributed by atoms with Crippen LogP contribution in [0.3, 0.4) is 0 Å². The standard InChI is InChI=1S/C15H21NO3S/c1-11(15(17)16-10-13-4-3-9-19-13)20-14-7-5-12(18-2)6-8-14/h5-8,11,13H,3-4,9-10H2,1-2H3,(H,16,17)/t11-,13+/m0/s1. The Hall–Kier alpha value is -1.20. The molecule has 1 aliphatic heterocycles. The first-order chi connectivity index (χ1) is 9.69. The molecule has 0 spiro atoms. The number of carbonyl (C=O) groups excluding carboxylic acids is 1. The summed E-state index contributed by atoms with van der Waals surface area (Å²) in [5, 5.41) is 2.84. The lowest BCUT2D eigenvalue weighted by Crippen LogP contribution is -2.36. The summed E-state index contributed by atoms with van der Waals surface area (Å²) in [7, 11) is 1.64. The van der Waals surface area contributed by atoms with Crippen LogP contribution in [0.4, 0.5) is 0 Å². The SMILES string of the molecule is COc1ccc(S[C@@H](C)C(=O)NC[C@H]2CCCO2)cc1. The van der Waals surface area contributed by atoms with Gasteiger partial charge in [-0.05, 0) is 44.0 Å². The van der Waals surface area contributed by atoms with Crippen molar-refractivity contribution in [2.24, 2.45) is 0 Å². The summed E-state index contributed by atoms with van der Waals surface area (Å²) in [4.78, 5) is 13.1. The van der Waals surface area contributed by atoms with Crippen LogP contribution in [0.25, 0.3) is 0 Å². The van der Waals surface area contributed by atoms with Crippen LogP contribution in [-0.4, -0.2) is 37.5 Å². The second-order valence-electron chi connectivity index (χ2n) is 4.82. The molecule has 0 aromatic heterocycles. The van der Waals surface area contributed by atoms with Gasteiger partial charge in [0, 0.05) is 18.0 Å². The Bertz CT molecular complexity index is 429. The van der Waals surface area contributed by atoms with Crippen LogP contribution < -0.4 is 10.1 Å². The van der Waals surface area contributed by atoms with Crippen molar-refractivity contribution in [2.45, 2.75) is 36.0 Å². The molecule has 5 heteroatoms. The van der Waals surface area contributed by atoms with Crippen molar-refractivity contribution in [2.75, 3.05) is 20.3 Å². The average molecular weight is 295 g/mol. The van der Waals surface area contributed by atoms with E-state index >= 15 is 0 Å². The minimum Gasteiger partial charge on any atom is -0.497 e. The van der Waals surface area contributed by atoms with Crippen LogP contribution in [0.5, 0.6) is 5.75 Å². The molecule has 1 fully saturated rings. The van der Waals surface area contributed by atoms with E-state index in [1.165, 1.54) is 0 Å². The highest BCUT2D eigenvalue weighted by atomic mass is 32.2. The molecule has 110 valence electrons. The highest BCUT2D eigenvalue weighted by molar-refractivity contribution is 8.00. The fourth-order valence-corrected chi connectivity index (χ4v) is 2.97. The maximum Gasteiger partial charge on any atom is 0.233 e. The quantitative estimate of drug-likeness (QED) is 0.819. The highest BCUT2D eigenvalue weighted by Gasteiger charge is 2.19. The van der Waals surface area contributed by atoms with Crippen LogP contribution in [-0.2, 0) is 9.53 Å². The molecule has 0 aliphatic carbocycles. The monoisotopic (exact) mass is 295 g/mol. The van der Waals surface area contributed by atoms with Crippen LogP contribution in [0.1, 0.15) is 19.8 Å². The van der Waals surface area contributed by atoms with Crippen LogP contribution in [0, 0.1) is 0 Å². The first-order valence-corrected chi connectivity index (χ1v) is 7.77. The zero-order valence-corrected chi connectivity index (χ0v) is 12.7. The molecule has 2 atom stereocenters. The number of nitrogens with one attached hydrogen (secondary N) is 1. The Kier molecular flexibility index (Phi) is 5.73. The lowest BCUT2D eigenvalue weighted by molar-refractivity contribution is -0.120. The molecule has 0 saturated carbocycles. The van der Waals surface area contributed by atoms with E-state index < -0.39 is 0 Å². The number of methoxy groups -OCH3 is 1. The number of hydrogen-bond acceptors (Lipinski definition) is 4. The van der Waals surface area contributed by atoms with Gasteiger partial charge in [-0.3, -0.25) is 4.79 Å². The van der Waals surface area contributed by atoms with E-state index in [0.29, 0.717) is 6.54 Å². The molecule has 4 nitrogen and oxygen atoms in total. The third-order valence-electron chi connectivity index (χ3n) is 3.27. The maximum atomic E-state index is 12.0. The number of carbonyl (C=O) groups is 1. The van der Waals surface area contributed by atoms with Crippen LogP contribution in [0.15, 0.2) is 29.2 Å². The lowest BCUT2D eigenvalue weighted by Gasteiger charge is -2.14. The molecule has 0 unspecified atom stereocenters. The average Bonchev–Trinajstić information content (AvgIpc) is 2.98. The zero-order valence-electron chi connectivity index (χ0n) is 11.9. The predicted octanol–water partition coefficient (Wildman–Crippen LogP) is 2.47. The summed E-state index contributed by atoms with van der Waals surface area (Å²) in [5.74, 6) is 0.881. The summed E-state index contributed by atoms with van der Waals surface area (Å²) in [5.41, 5.74) is 0. The van der Waals surface area contributed by atoms with E-state index in [0.717, 1.165) is 30.1 Å². The molecule has 1 aromatic rings. The number of rotatable bonds is 6. The smallest absolute Gasteiger partial charge is 0.233 e. The van der Waals surface area contributed by atoms with Gasteiger partial charge in [-0.25, -0.2) is 0 Å². The molecule has 1 aromatic carbocycles. The Morgan fingerprint density at radius 1 is 1.50 bits per heavy atom. The molecule has 1 aliphatic rings. The molecule has 1 N–H and O–H groups in total. The van der Waals surface area contributed by atoms with Crippen molar-refractivity contribution >= 4 is 17.7 Å². The number of ether oxygens (including phenoxy) is 2. The number of benzene rings is 1. The molecule has 1 amide bonds. The van der Waals surface area contributed by atoms with Crippen molar-refractivity contribution in [1.82, 2.24) is 5.32 Å².